The van der Waals surface area contributed by atoms with Gasteiger partial charge in [-0.25, -0.2) is 4.39 Å². The first-order valence-electron chi connectivity index (χ1n) is 12.7. The molecule has 4 nitrogen and oxygen atoms in total. The first kappa shape index (κ1) is 23.8. The van der Waals surface area contributed by atoms with E-state index in [1.165, 1.54) is 6.07 Å². The molecule has 0 radical (unpaired) electrons. The van der Waals surface area contributed by atoms with Gasteiger partial charge < -0.3 is 5.11 Å². The number of aromatic nitrogens is 1. The summed E-state index contributed by atoms with van der Waals surface area (Å²) >= 11 is 1.10. The second-order valence-corrected chi connectivity index (χ2v) is 11.2. The number of pyridine rings is 1. The van der Waals surface area contributed by atoms with Crippen molar-refractivity contribution < 1.29 is 14.3 Å². The second-order valence-electron chi connectivity index (χ2n) is 9.91. The van der Waals surface area contributed by atoms with Crippen LogP contribution in [-0.4, -0.2) is 20.9 Å². The molecule has 6 heteroatoms. The first-order valence-corrected chi connectivity index (χ1v) is 13.5. The quantitative estimate of drug-likeness (QED) is 0.145. The van der Waals surface area contributed by atoms with E-state index in [0.29, 0.717) is 11.4 Å². The van der Waals surface area contributed by atoms with Gasteiger partial charge in [0, 0.05) is 10.3 Å². The zero-order valence-electron chi connectivity index (χ0n) is 21.0. The van der Waals surface area contributed by atoms with Crippen molar-refractivity contribution >= 4 is 55.7 Å². The van der Waals surface area contributed by atoms with Gasteiger partial charge in [-0.2, -0.15) is 0 Å². The Hall–Kier alpha value is -4.26. The molecular formula is C33H23FN2O2S. The van der Waals surface area contributed by atoms with Crippen molar-refractivity contribution in [3.8, 4) is 0 Å². The van der Waals surface area contributed by atoms with Crippen LogP contribution in [0, 0.1) is 12.7 Å². The van der Waals surface area contributed by atoms with E-state index in [2.05, 4.69) is 35.3 Å². The number of amides is 1. The van der Waals surface area contributed by atoms with Crippen LogP contribution in [0.25, 0.3) is 32.3 Å². The number of benzene rings is 5. The van der Waals surface area contributed by atoms with Gasteiger partial charge in [-0.15, -0.1) is 0 Å². The Balaban J connectivity index is 1.45. The lowest BCUT2D eigenvalue weighted by Gasteiger charge is -2.52. The van der Waals surface area contributed by atoms with Gasteiger partial charge in [0.25, 0.3) is 5.91 Å². The summed E-state index contributed by atoms with van der Waals surface area (Å²) in [7, 11) is 0. The molecule has 6 aromatic rings. The maximum Gasteiger partial charge on any atom is 0.273 e. The molecule has 0 spiro atoms. The molecule has 0 saturated carbocycles. The molecule has 1 amide bonds. The molecule has 0 bridgehead atoms. The summed E-state index contributed by atoms with van der Waals surface area (Å²) in [5.74, 6) is -0.915. The van der Waals surface area contributed by atoms with Crippen molar-refractivity contribution in [1.82, 2.24) is 4.98 Å². The molecule has 1 aliphatic rings. The highest BCUT2D eigenvalue weighted by atomic mass is 32.2. The maximum absolute atomic E-state index is 14.0. The van der Waals surface area contributed by atoms with Crippen molar-refractivity contribution in [1.29, 1.82) is 0 Å². The molecule has 0 aliphatic carbocycles. The Morgan fingerprint density at radius 2 is 1.51 bits per heavy atom. The summed E-state index contributed by atoms with van der Waals surface area (Å²) in [6.07, 6.45) is 1.12. The fourth-order valence-electron chi connectivity index (χ4n) is 5.57. The van der Waals surface area contributed by atoms with E-state index in [9.17, 15) is 14.3 Å². The SMILES string of the molecule is Cc1ccc(SC2(O)C(=O)N(c3cc4c5ccccc5ccc4c4ccccc34)C2c2ccc(F)cn2)cc1. The molecule has 1 aliphatic heterocycles. The monoisotopic (exact) mass is 530 g/mol. The smallest absolute Gasteiger partial charge is 0.273 e. The molecule has 1 aromatic heterocycles. The summed E-state index contributed by atoms with van der Waals surface area (Å²) in [4.78, 5) is 18.9. The van der Waals surface area contributed by atoms with Crippen LogP contribution < -0.4 is 4.90 Å². The van der Waals surface area contributed by atoms with E-state index < -0.39 is 22.7 Å². The van der Waals surface area contributed by atoms with Crippen LogP contribution in [0.4, 0.5) is 10.1 Å². The van der Waals surface area contributed by atoms with Crippen molar-refractivity contribution in [2.45, 2.75) is 22.8 Å². The third-order valence-electron chi connectivity index (χ3n) is 7.48. The highest BCUT2D eigenvalue weighted by molar-refractivity contribution is 8.01. The van der Waals surface area contributed by atoms with Gasteiger partial charge in [-0.1, -0.05) is 90.1 Å². The fraction of sp³-hybridized carbons (Fsp3) is 0.0909. The molecule has 1 fully saturated rings. The maximum atomic E-state index is 14.0. The van der Waals surface area contributed by atoms with Crippen LogP contribution in [0.3, 0.4) is 0 Å². The van der Waals surface area contributed by atoms with Gasteiger partial charge in [-0.3, -0.25) is 14.7 Å². The van der Waals surface area contributed by atoms with Crippen LogP contribution in [0.5, 0.6) is 0 Å². The van der Waals surface area contributed by atoms with Crippen molar-refractivity contribution in [3.05, 3.63) is 126 Å². The lowest BCUT2D eigenvalue weighted by molar-refractivity contribution is -0.141. The molecular weight excluding hydrogens is 507 g/mol. The molecule has 1 saturated heterocycles. The minimum atomic E-state index is -1.81. The van der Waals surface area contributed by atoms with Gasteiger partial charge in [0.1, 0.15) is 11.9 Å². The number of hydrogen-bond acceptors (Lipinski definition) is 4. The number of aliphatic hydroxyl groups is 1. The summed E-state index contributed by atoms with van der Waals surface area (Å²) < 4.78 is 13.9. The average Bonchev–Trinajstić information content (AvgIpc) is 2.97. The summed E-state index contributed by atoms with van der Waals surface area (Å²) in [6, 6.07) is 32.1. The number of β-lactam (4-membered cyclic amide) rings is 1. The van der Waals surface area contributed by atoms with E-state index in [4.69, 9.17) is 0 Å². The number of nitrogens with zero attached hydrogens (tertiary/aromatic N) is 2. The van der Waals surface area contributed by atoms with E-state index in [1.54, 1.807) is 11.0 Å². The van der Waals surface area contributed by atoms with Crippen LogP contribution in [0.2, 0.25) is 0 Å². The highest BCUT2D eigenvalue weighted by Crippen LogP contribution is 2.55. The minimum absolute atomic E-state index is 0.417. The minimum Gasteiger partial charge on any atom is -0.369 e. The van der Waals surface area contributed by atoms with Gasteiger partial charge in [-0.05, 0) is 64.2 Å². The Labute approximate surface area is 228 Å². The number of carbonyl (C=O) groups is 1. The molecule has 5 aromatic carbocycles. The molecule has 2 atom stereocenters. The van der Waals surface area contributed by atoms with Crippen LogP contribution >= 0.6 is 11.8 Å². The van der Waals surface area contributed by atoms with E-state index >= 15 is 0 Å². The Morgan fingerprint density at radius 3 is 2.26 bits per heavy atom. The third-order valence-corrected chi connectivity index (χ3v) is 8.70. The Bertz CT molecular complexity index is 1910. The van der Waals surface area contributed by atoms with Gasteiger partial charge in [0.2, 0.25) is 4.93 Å². The van der Waals surface area contributed by atoms with E-state index in [0.717, 1.165) is 60.7 Å². The Kier molecular flexibility index (Phi) is 5.44. The van der Waals surface area contributed by atoms with E-state index in [1.807, 2.05) is 67.6 Å². The number of halogens is 1. The van der Waals surface area contributed by atoms with E-state index in [-0.39, 0.29) is 0 Å². The Morgan fingerprint density at radius 1 is 0.821 bits per heavy atom. The van der Waals surface area contributed by atoms with Crippen molar-refractivity contribution in [2.75, 3.05) is 4.90 Å². The number of hydrogen-bond donors (Lipinski definition) is 1. The van der Waals surface area contributed by atoms with Gasteiger partial charge >= 0.3 is 0 Å². The predicted octanol–water partition coefficient (Wildman–Crippen LogP) is 7.56. The van der Waals surface area contributed by atoms with Gasteiger partial charge in [0.15, 0.2) is 0 Å². The number of thioether (sulfide) groups is 1. The molecule has 2 unspecified atom stereocenters. The highest BCUT2D eigenvalue weighted by Gasteiger charge is 2.63. The lowest BCUT2D eigenvalue weighted by Crippen LogP contribution is -2.67. The molecule has 2 heterocycles. The first-order chi connectivity index (χ1) is 18.9. The number of aryl methyl sites for hydroxylation is 1. The van der Waals surface area contributed by atoms with Crippen LogP contribution in [-0.2, 0) is 4.79 Å². The number of carbonyl (C=O) groups excluding carboxylic acids is 1. The molecule has 7 rings (SSSR count). The van der Waals surface area contributed by atoms with Crippen LogP contribution in [0.1, 0.15) is 17.3 Å². The van der Waals surface area contributed by atoms with Crippen molar-refractivity contribution in [3.63, 3.8) is 0 Å². The lowest BCUT2D eigenvalue weighted by atomic mass is 9.89. The standard InChI is InChI=1S/C33H23FN2O2S/c1-20-10-14-23(15-11-20)39-33(38)31(29-17-13-22(34)19-35-29)36(32(33)37)30-18-28-24-7-3-2-6-21(24)12-16-26(28)25-8-4-5-9-27(25)30/h2-19,31,38H,1H3. The second kappa shape index (κ2) is 8.90. The average molecular weight is 531 g/mol. The normalized spacial score (nSPS) is 19.1. The molecule has 1 N–H and O–H groups in total. The van der Waals surface area contributed by atoms with Gasteiger partial charge in [0.05, 0.1) is 17.6 Å². The summed E-state index contributed by atoms with van der Waals surface area (Å²) in [5.41, 5.74) is 2.18. The molecule has 190 valence electrons. The van der Waals surface area contributed by atoms with Crippen molar-refractivity contribution in [2.24, 2.45) is 0 Å². The summed E-state index contributed by atoms with van der Waals surface area (Å²) in [5, 5.41) is 18.1. The number of anilines is 1. The number of rotatable bonds is 4. The van der Waals surface area contributed by atoms with Crippen LogP contribution in [0.15, 0.2) is 114 Å². The summed E-state index contributed by atoms with van der Waals surface area (Å²) in [6.45, 7) is 1.99. The fourth-order valence-corrected chi connectivity index (χ4v) is 6.73. The third kappa shape index (κ3) is 3.71. The topological polar surface area (TPSA) is 53.4 Å². The number of fused-ring (bicyclic) bond motifs is 5. The zero-order chi connectivity index (χ0) is 26.7. The predicted molar refractivity (Wildman–Crippen MR) is 155 cm³/mol. The zero-order valence-corrected chi connectivity index (χ0v) is 21.8. The molecule has 39 heavy (non-hydrogen) atoms. The largest absolute Gasteiger partial charge is 0.369 e.